The summed E-state index contributed by atoms with van der Waals surface area (Å²) in [7, 11) is 1.29. The SMILES string of the molecule is COc1cc(C(N)=O)c(Cl)cc1C(=O)O. The Morgan fingerprint density at radius 3 is 2.40 bits per heavy atom. The number of carboxylic acids is 1. The first-order valence-corrected chi connectivity index (χ1v) is 4.25. The molecule has 6 heteroatoms. The van der Waals surface area contributed by atoms with Gasteiger partial charge in [0.1, 0.15) is 11.3 Å². The largest absolute Gasteiger partial charge is 0.496 e. The Bertz CT molecular complexity index is 430. The molecule has 0 heterocycles. The van der Waals surface area contributed by atoms with E-state index in [9.17, 15) is 9.59 Å². The molecule has 1 rings (SSSR count). The molecule has 0 aliphatic heterocycles. The smallest absolute Gasteiger partial charge is 0.339 e. The highest BCUT2D eigenvalue weighted by molar-refractivity contribution is 6.34. The van der Waals surface area contributed by atoms with Crippen molar-refractivity contribution in [3.63, 3.8) is 0 Å². The van der Waals surface area contributed by atoms with Gasteiger partial charge >= 0.3 is 5.97 Å². The Hall–Kier alpha value is -1.75. The molecule has 1 aromatic rings. The van der Waals surface area contributed by atoms with E-state index in [4.69, 9.17) is 27.2 Å². The van der Waals surface area contributed by atoms with E-state index in [0.717, 1.165) is 6.07 Å². The number of hydrogen-bond acceptors (Lipinski definition) is 3. The Balaban J connectivity index is 3.42. The average molecular weight is 230 g/mol. The van der Waals surface area contributed by atoms with Crippen molar-refractivity contribution < 1.29 is 19.4 Å². The van der Waals surface area contributed by atoms with Crippen LogP contribution in [0.25, 0.3) is 0 Å². The first-order chi connectivity index (χ1) is 6.97. The van der Waals surface area contributed by atoms with Gasteiger partial charge in [-0.25, -0.2) is 4.79 Å². The van der Waals surface area contributed by atoms with Crippen molar-refractivity contribution in [2.24, 2.45) is 5.73 Å². The van der Waals surface area contributed by atoms with Crippen molar-refractivity contribution in [2.75, 3.05) is 7.11 Å². The first-order valence-electron chi connectivity index (χ1n) is 3.88. The van der Waals surface area contributed by atoms with Crippen LogP contribution in [0.3, 0.4) is 0 Å². The number of ether oxygens (including phenoxy) is 1. The number of primary amides is 1. The summed E-state index contributed by atoms with van der Waals surface area (Å²) in [5, 5.41) is 8.78. The molecule has 80 valence electrons. The van der Waals surface area contributed by atoms with Crippen LogP contribution in [0.5, 0.6) is 5.75 Å². The maximum atomic E-state index is 10.9. The second kappa shape index (κ2) is 4.18. The van der Waals surface area contributed by atoms with E-state index >= 15 is 0 Å². The third kappa shape index (κ3) is 2.19. The summed E-state index contributed by atoms with van der Waals surface area (Å²) in [6, 6.07) is 2.33. The fourth-order valence-electron chi connectivity index (χ4n) is 1.08. The van der Waals surface area contributed by atoms with Crippen LogP contribution in [0.2, 0.25) is 5.02 Å². The van der Waals surface area contributed by atoms with Crippen LogP contribution in [-0.2, 0) is 0 Å². The first kappa shape index (κ1) is 11.3. The van der Waals surface area contributed by atoms with E-state index < -0.39 is 11.9 Å². The zero-order valence-electron chi connectivity index (χ0n) is 7.78. The second-order valence-electron chi connectivity index (χ2n) is 2.70. The molecule has 0 aromatic heterocycles. The van der Waals surface area contributed by atoms with Crippen LogP contribution >= 0.6 is 11.6 Å². The van der Waals surface area contributed by atoms with Crippen LogP contribution in [0.1, 0.15) is 20.7 Å². The monoisotopic (exact) mass is 229 g/mol. The Kier molecular flexibility index (Phi) is 3.16. The van der Waals surface area contributed by atoms with Crippen LogP contribution in [0, 0.1) is 0 Å². The quantitative estimate of drug-likeness (QED) is 0.814. The highest BCUT2D eigenvalue weighted by atomic mass is 35.5. The van der Waals surface area contributed by atoms with Crippen molar-refractivity contribution in [1.29, 1.82) is 0 Å². The summed E-state index contributed by atoms with van der Waals surface area (Å²) in [5.74, 6) is -1.89. The molecule has 0 bridgehead atoms. The third-order valence-corrected chi connectivity index (χ3v) is 2.10. The molecule has 0 spiro atoms. The van der Waals surface area contributed by atoms with Crippen LogP contribution in [0.15, 0.2) is 12.1 Å². The molecule has 0 fully saturated rings. The van der Waals surface area contributed by atoms with E-state index in [1.54, 1.807) is 0 Å². The van der Waals surface area contributed by atoms with E-state index in [1.807, 2.05) is 0 Å². The lowest BCUT2D eigenvalue weighted by atomic mass is 10.1. The van der Waals surface area contributed by atoms with Crippen LogP contribution in [0.4, 0.5) is 0 Å². The maximum absolute atomic E-state index is 10.9. The number of methoxy groups -OCH3 is 1. The lowest BCUT2D eigenvalue weighted by Crippen LogP contribution is -2.13. The molecule has 0 saturated heterocycles. The van der Waals surface area contributed by atoms with Crippen molar-refractivity contribution >= 4 is 23.5 Å². The molecule has 0 aliphatic rings. The summed E-state index contributed by atoms with van der Waals surface area (Å²) in [4.78, 5) is 21.7. The third-order valence-electron chi connectivity index (χ3n) is 1.79. The van der Waals surface area contributed by atoms with Crippen LogP contribution < -0.4 is 10.5 Å². The highest BCUT2D eigenvalue weighted by Crippen LogP contribution is 2.26. The number of halogens is 1. The van der Waals surface area contributed by atoms with Gasteiger partial charge in [0, 0.05) is 0 Å². The van der Waals surface area contributed by atoms with Gasteiger partial charge in [0.2, 0.25) is 5.91 Å². The molecule has 0 saturated carbocycles. The number of benzene rings is 1. The zero-order chi connectivity index (χ0) is 11.6. The number of nitrogens with two attached hydrogens (primary N) is 1. The lowest BCUT2D eigenvalue weighted by Gasteiger charge is -2.07. The summed E-state index contributed by atoms with van der Waals surface area (Å²) in [6.07, 6.45) is 0. The van der Waals surface area contributed by atoms with E-state index in [-0.39, 0.29) is 21.9 Å². The molecule has 15 heavy (non-hydrogen) atoms. The fourth-order valence-corrected chi connectivity index (χ4v) is 1.34. The molecule has 0 aliphatic carbocycles. The standard InChI is InChI=1S/C9H8ClNO4/c1-15-7-3-4(8(11)12)6(10)2-5(7)9(13)14/h2-3H,1H3,(H2,11,12)(H,13,14). The van der Waals surface area contributed by atoms with Gasteiger partial charge in [0.05, 0.1) is 17.7 Å². The number of carbonyl (C=O) groups excluding carboxylic acids is 1. The van der Waals surface area contributed by atoms with Gasteiger partial charge in [-0.15, -0.1) is 0 Å². The van der Waals surface area contributed by atoms with Gasteiger partial charge in [-0.1, -0.05) is 11.6 Å². The summed E-state index contributed by atoms with van der Waals surface area (Å²) < 4.78 is 4.81. The molecular weight excluding hydrogens is 222 g/mol. The molecule has 1 amide bonds. The van der Waals surface area contributed by atoms with Gasteiger partial charge in [0.15, 0.2) is 0 Å². The Morgan fingerprint density at radius 2 is 2.00 bits per heavy atom. The predicted octanol–water partition coefficient (Wildman–Crippen LogP) is 1.15. The van der Waals surface area contributed by atoms with Crippen molar-refractivity contribution in [2.45, 2.75) is 0 Å². The normalized spacial score (nSPS) is 9.73. The fraction of sp³-hybridized carbons (Fsp3) is 0.111. The van der Waals surface area contributed by atoms with Crippen LogP contribution in [-0.4, -0.2) is 24.1 Å². The molecule has 0 radical (unpaired) electrons. The van der Waals surface area contributed by atoms with Gasteiger partial charge in [0.25, 0.3) is 0 Å². The predicted molar refractivity (Wildman–Crippen MR) is 53.5 cm³/mol. The zero-order valence-corrected chi connectivity index (χ0v) is 8.54. The van der Waals surface area contributed by atoms with Gasteiger partial charge in [-0.3, -0.25) is 4.79 Å². The van der Waals surface area contributed by atoms with Gasteiger partial charge in [-0.2, -0.15) is 0 Å². The minimum absolute atomic E-state index is 0.0132. The maximum Gasteiger partial charge on any atom is 0.339 e. The summed E-state index contributed by atoms with van der Waals surface area (Å²) in [5.41, 5.74) is 4.95. The van der Waals surface area contributed by atoms with E-state index in [1.165, 1.54) is 13.2 Å². The van der Waals surface area contributed by atoms with Crippen molar-refractivity contribution in [3.8, 4) is 5.75 Å². The Labute approximate surface area is 90.4 Å². The van der Waals surface area contributed by atoms with Gasteiger partial charge in [-0.05, 0) is 12.1 Å². The number of rotatable bonds is 3. The Morgan fingerprint density at radius 1 is 1.40 bits per heavy atom. The molecule has 3 N–H and O–H groups in total. The van der Waals surface area contributed by atoms with E-state index in [0.29, 0.717) is 0 Å². The number of hydrogen-bond donors (Lipinski definition) is 2. The minimum Gasteiger partial charge on any atom is -0.496 e. The minimum atomic E-state index is -1.19. The van der Waals surface area contributed by atoms with E-state index in [2.05, 4.69) is 0 Å². The topological polar surface area (TPSA) is 89.6 Å². The lowest BCUT2D eigenvalue weighted by molar-refractivity contribution is 0.0692. The summed E-state index contributed by atoms with van der Waals surface area (Å²) in [6.45, 7) is 0. The molecule has 1 aromatic carbocycles. The van der Waals surface area contributed by atoms with Crippen molar-refractivity contribution in [1.82, 2.24) is 0 Å². The number of carboxylic acid groups (broad SMARTS) is 1. The number of amides is 1. The number of aromatic carboxylic acids is 1. The summed E-state index contributed by atoms with van der Waals surface area (Å²) >= 11 is 5.68. The highest BCUT2D eigenvalue weighted by Gasteiger charge is 2.16. The van der Waals surface area contributed by atoms with Gasteiger partial charge < -0.3 is 15.6 Å². The average Bonchev–Trinajstić information content (AvgIpc) is 2.16. The van der Waals surface area contributed by atoms with Crippen molar-refractivity contribution in [3.05, 3.63) is 28.3 Å². The second-order valence-corrected chi connectivity index (χ2v) is 3.11. The molecular formula is C9H8ClNO4. The molecule has 0 atom stereocenters. The molecule has 5 nitrogen and oxygen atoms in total. The number of carbonyl (C=O) groups is 2. The molecule has 0 unspecified atom stereocenters.